The predicted molar refractivity (Wildman–Crippen MR) is 69.5 cm³/mol. The Morgan fingerprint density at radius 1 is 1.72 bits per heavy atom. The van der Waals surface area contributed by atoms with Crippen LogP contribution in [0.3, 0.4) is 0 Å². The first-order chi connectivity index (χ1) is 8.58. The number of nitrogens with two attached hydrogens (primary N) is 1. The molecule has 2 unspecified atom stereocenters. The van der Waals surface area contributed by atoms with E-state index in [-0.39, 0.29) is 17.8 Å². The predicted octanol–water partition coefficient (Wildman–Crippen LogP) is 1.47. The summed E-state index contributed by atoms with van der Waals surface area (Å²) in [5.74, 6) is 0.404. The minimum absolute atomic E-state index is 0.0467. The lowest BCUT2D eigenvalue weighted by atomic mass is 10.0. The topological polar surface area (TPSA) is 77.2 Å². The molecule has 1 aromatic heterocycles. The fourth-order valence-electron chi connectivity index (χ4n) is 1.98. The van der Waals surface area contributed by atoms with Crippen LogP contribution in [0, 0.1) is 5.92 Å². The van der Waals surface area contributed by atoms with Gasteiger partial charge in [-0.25, -0.2) is 4.98 Å². The summed E-state index contributed by atoms with van der Waals surface area (Å²) in [7, 11) is 0. The van der Waals surface area contributed by atoms with Crippen molar-refractivity contribution in [3.05, 3.63) is 22.8 Å². The second kappa shape index (κ2) is 5.54. The van der Waals surface area contributed by atoms with E-state index in [2.05, 4.69) is 10.3 Å². The van der Waals surface area contributed by atoms with Crippen molar-refractivity contribution in [1.29, 1.82) is 0 Å². The lowest BCUT2D eigenvalue weighted by Crippen LogP contribution is -2.38. The van der Waals surface area contributed by atoms with E-state index in [0.29, 0.717) is 23.1 Å². The number of carbonyl (C=O) groups excluding carboxylic acids is 1. The molecule has 2 atom stereocenters. The van der Waals surface area contributed by atoms with Crippen LogP contribution in [-0.2, 0) is 4.74 Å². The third kappa shape index (κ3) is 2.91. The van der Waals surface area contributed by atoms with E-state index in [4.69, 9.17) is 22.1 Å². The number of rotatable bonds is 3. The van der Waals surface area contributed by atoms with Crippen LogP contribution in [0.4, 0.5) is 5.82 Å². The van der Waals surface area contributed by atoms with E-state index >= 15 is 0 Å². The number of anilines is 1. The molecule has 1 amide bonds. The fourth-order valence-corrected chi connectivity index (χ4v) is 2.17. The summed E-state index contributed by atoms with van der Waals surface area (Å²) in [6.07, 6.45) is 2.35. The zero-order valence-electron chi connectivity index (χ0n) is 10.1. The van der Waals surface area contributed by atoms with Crippen molar-refractivity contribution >= 4 is 23.3 Å². The van der Waals surface area contributed by atoms with E-state index in [0.717, 1.165) is 13.0 Å². The van der Waals surface area contributed by atoms with Gasteiger partial charge in [0, 0.05) is 24.8 Å². The summed E-state index contributed by atoms with van der Waals surface area (Å²) in [6.45, 7) is 3.41. The monoisotopic (exact) mass is 269 g/mol. The number of amides is 1. The molecule has 18 heavy (non-hydrogen) atoms. The summed E-state index contributed by atoms with van der Waals surface area (Å²) in [5.41, 5.74) is 5.90. The number of aromatic nitrogens is 1. The molecule has 0 spiro atoms. The highest BCUT2D eigenvalue weighted by molar-refractivity contribution is 6.33. The number of nitrogens with one attached hydrogen (secondary N) is 1. The van der Waals surface area contributed by atoms with E-state index in [9.17, 15) is 4.79 Å². The quantitative estimate of drug-likeness (QED) is 0.871. The molecule has 1 fully saturated rings. The van der Waals surface area contributed by atoms with Gasteiger partial charge in [-0.05, 0) is 19.4 Å². The number of hydrogen-bond donors (Lipinski definition) is 2. The maximum Gasteiger partial charge on any atom is 0.253 e. The Morgan fingerprint density at radius 2 is 2.50 bits per heavy atom. The molecule has 0 bridgehead atoms. The van der Waals surface area contributed by atoms with Crippen LogP contribution in [-0.4, -0.2) is 30.1 Å². The summed E-state index contributed by atoms with van der Waals surface area (Å²) in [6, 6.07) is 1.53. The maximum atomic E-state index is 12.1. The van der Waals surface area contributed by atoms with Gasteiger partial charge in [0.25, 0.3) is 5.91 Å². The number of halogens is 1. The average Bonchev–Trinajstić information content (AvgIpc) is 2.85. The SMILES string of the molecule is CC(NC(=O)c1cc(N)ncc1Cl)C1CCOC1. The molecule has 0 saturated carbocycles. The third-order valence-corrected chi connectivity index (χ3v) is 3.45. The second-order valence-corrected chi connectivity index (χ2v) is 4.88. The highest BCUT2D eigenvalue weighted by atomic mass is 35.5. The van der Waals surface area contributed by atoms with Gasteiger partial charge in [0.2, 0.25) is 0 Å². The number of nitrogens with zero attached hydrogens (tertiary/aromatic N) is 1. The van der Waals surface area contributed by atoms with Crippen molar-refractivity contribution in [2.24, 2.45) is 5.92 Å². The van der Waals surface area contributed by atoms with E-state index in [1.54, 1.807) is 0 Å². The minimum Gasteiger partial charge on any atom is -0.384 e. The molecule has 0 radical (unpaired) electrons. The molecular weight excluding hydrogens is 254 g/mol. The van der Waals surface area contributed by atoms with E-state index in [1.807, 2.05) is 6.92 Å². The van der Waals surface area contributed by atoms with E-state index < -0.39 is 0 Å². The van der Waals surface area contributed by atoms with Gasteiger partial charge in [-0.15, -0.1) is 0 Å². The van der Waals surface area contributed by atoms with Crippen molar-refractivity contribution in [1.82, 2.24) is 10.3 Å². The molecule has 1 aliphatic heterocycles. The average molecular weight is 270 g/mol. The number of ether oxygens (including phenoxy) is 1. The summed E-state index contributed by atoms with van der Waals surface area (Å²) >= 11 is 5.93. The van der Waals surface area contributed by atoms with Crippen molar-refractivity contribution in [3.8, 4) is 0 Å². The molecular formula is C12H16ClN3O2. The van der Waals surface area contributed by atoms with Crippen LogP contribution in [0.15, 0.2) is 12.3 Å². The summed E-state index contributed by atoms with van der Waals surface area (Å²) < 4.78 is 5.30. The molecule has 1 aliphatic rings. The Hall–Kier alpha value is -1.33. The zero-order valence-corrected chi connectivity index (χ0v) is 10.9. The molecule has 6 heteroatoms. The molecule has 1 aromatic rings. The number of carbonyl (C=O) groups is 1. The molecule has 5 nitrogen and oxygen atoms in total. The largest absolute Gasteiger partial charge is 0.384 e. The molecule has 98 valence electrons. The van der Waals surface area contributed by atoms with Crippen molar-refractivity contribution in [2.45, 2.75) is 19.4 Å². The van der Waals surface area contributed by atoms with Crippen LogP contribution < -0.4 is 11.1 Å². The Balaban J connectivity index is 2.04. The van der Waals surface area contributed by atoms with Gasteiger partial charge in [-0.2, -0.15) is 0 Å². The Bertz CT molecular complexity index is 447. The minimum atomic E-state index is -0.228. The second-order valence-electron chi connectivity index (χ2n) is 4.47. The van der Waals surface area contributed by atoms with Gasteiger partial charge in [0.05, 0.1) is 17.2 Å². The first-order valence-corrected chi connectivity index (χ1v) is 6.25. The molecule has 2 heterocycles. The van der Waals surface area contributed by atoms with Gasteiger partial charge in [-0.3, -0.25) is 4.79 Å². The van der Waals surface area contributed by atoms with Crippen LogP contribution in [0.5, 0.6) is 0 Å². The fraction of sp³-hybridized carbons (Fsp3) is 0.500. The third-order valence-electron chi connectivity index (χ3n) is 3.15. The first kappa shape index (κ1) is 13.1. The van der Waals surface area contributed by atoms with E-state index in [1.165, 1.54) is 12.3 Å². The summed E-state index contributed by atoms with van der Waals surface area (Å²) in [4.78, 5) is 15.9. The highest BCUT2D eigenvalue weighted by Crippen LogP contribution is 2.19. The van der Waals surface area contributed by atoms with Crippen LogP contribution in [0.2, 0.25) is 5.02 Å². The van der Waals surface area contributed by atoms with Crippen molar-refractivity contribution in [2.75, 3.05) is 18.9 Å². The van der Waals surface area contributed by atoms with Gasteiger partial charge in [-0.1, -0.05) is 11.6 Å². The summed E-state index contributed by atoms with van der Waals surface area (Å²) in [5, 5.41) is 3.22. The van der Waals surface area contributed by atoms with Crippen LogP contribution in [0.25, 0.3) is 0 Å². The van der Waals surface area contributed by atoms with Gasteiger partial charge < -0.3 is 15.8 Å². The molecule has 0 aromatic carbocycles. The number of hydrogen-bond acceptors (Lipinski definition) is 4. The highest BCUT2D eigenvalue weighted by Gasteiger charge is 2.24. The molecule has 1 saturated heterocycles. The maximum absolute atomic E-state index is 12.1. The Morgan fingerprint density at radius 3 is 3.17 bits per heavy atom. The van der Waals surface area contributed by atoms with Gasteiger partial charge in [0.1, 0.15) is 5.82 Å². The van der Waals surface area contributed by atoms with Crippen molar-refractivity contribution < 1.29 is 9.53 Å². The number of nitrogen functional groups attached to an aromatic ring is 1. The normalized spacial score (nSPS) is 20.7. The van der Waals surface area contributed by atoms with Gasteiger partial charge >= 0.3 is 0 Å². The standard InChI is InChI=1S/C12H16ClN3O2/c1-7(8-2-3-18-6-8)16-12(17)9-4-11(14)15-5-10(9)13/h4-5,7-8H,2-3,6H2,1H3,(H2,14,15)(H,16,17). The zero-order chi connectivity index (χ0) is 13.1. The van der Waals surface area contributed by atoms with Crippen LogP contribution >= 0.6 is 11.6 Å². The van der Waals surface area contributed by atoms with Crippen molar-refractivity contribution in [3.63, 3.8) is 0 Å². The lowest BCUT2D eigenvalue weighted by Gasteiger charge is -2.19. The van der Waals surface area contributed by atoms with Crippen LogP contribution in [0.1, 0.15) is 23.7 Å². The first-order valence-electron chi connectivity index (χ1n) is 5.87. The van der Waals surface area contributed by atoms with Gasteiger partial charge in [0.15, 0.2) is 0 Å². The Kier molecular flexibility index (Phi) is 4.04. The molecule has 0 aliphatic carbocycles. The smallest absolute Gasteiger partial charge is 0.253 e. The lowest BCUT2D eigenvalue weighted by molar-refractivity contribution is 0.0922. The number of pyridine rings is 1. The Labute approximate surface area is 111 Å². The molecule has 3 N–H and O–H groups in total. The molecule has 2 rings (SSSR count).